The van der Waals surface area contributed by atoms with Crippen LogP contribution in [0.3, 0.4) is 0 Å². The van der Waals surface area contributed by atoms with Gasteiger partial charge < -0.3 is 11.1 Å². The van der Waals surface area contributed by atoms with Crippen molar-refractivity contribution < 1.29 is 35.1 Å². The third-order valence-corrected chi connectivity index (χ3v) is 2.78. The van der Waals surface area contributed by atoms with Crippen LogP contribution in [0.2, 0.25) is 0 Å². The van der Waals surface area contributed by atoms with Crippen molar-refractivity contribution in [2.45, 2.75) is 18.0 Å². The minimum absolute atomic E-state index is 0.0313. The summed E-state index contributed by atoms with van der Waals surface area (Å²) < 4.78 is 103. The van der Waals surface area contributed by atoms with Crippen LogP contribution in [0, 0.1) is 5.82 Å². The van der Waals surface area contributed by atoms with E-state index in [1.165, 1.54) is 0 Å². The molecule has 2 aromatic rings. The summed E-state index contributed by atoms with van der Waals surface area (Å²) in [5.74, 6) is -16.9. The van der Waals surface area contributed by atoms with Crippen molar-refractivity contribution in [2.24, 2.45) is 0 Å². The van der Waals surface area contributed by atoms with Gasteiger partial charge in [0.25, 0.3) is 0 Å². The Bertz CT molecular complexity index is 759. The molecule has 25 heavy (non-hydrogen) atoms. The second-order valence-electron chi connectivity index (χ2n) is 4.62. The average Bonchev–Trinajstić information content (AvgIpc) is 2.47. The standard InChI is InChI=1S/C12H7F8N5/c13-5-1-3-6(4-2-5)22-9-24-7(23-8(21)25-9)10(14,15)11(16,17)12(18,19)20/h1-4H,(H3,21,22,23,24,25). The molecule has 0 amide bonds. The summed E-state index contributed by atoms with van der Waals surface area (Å²) in [6.45, 7) is 0. The van der Waals surface area contributed by atoms with Crippen molar-refractivity contribution in [1.82, 2.24) is 15.0 Å². The number of alkyl halides is 7. The monoisotopic (exact) mass is 373 g/mol. The first-order valence-electron chi connectivity index (χ1n) is 6.21. The van der Waals surface area contributed by atoms with Gasteiger partial charge in [0.1, 0.15) is 5.82 Å². The van der Waals surface area contributed by atoms with Gasteiger partial charge in [-0.3, -0.25) is 0 Å². The Morgan fingerprint density at radius 3 is 1.92 bits per heavy atom. The molecule has 0 spiro atoms. The Balaban J connectivity index is 2.43. The zero-order valence-electron chi connectivity index (χ0n) is 11.8. The number of halogens is 8. The van der Waals surface area contributed by atoms with E-state index in [2.05, 4.69) is 20.3 Å². The third-order valence-electron chi connectivity index (χ3n) is 2.78. The molecule has 1 aromatic carbocycles. The first kappa shape index (κ1) is 18.6. The topological polar surface area (TPSA) is 76.7 Å². The summed E-state index contributed by atoms with van der Waals surface area (Å²) in [5, 5.41) is 2.21. The average molecular weight is 373 g/mol. The maximum atomic E-state index is 13.6. The largest absolute Gasteiger partial charge is 0.460 e. The van der Waals surface area contributed by atoms with Crippen molar-refractivity contribution in [3.63, 3.8) is 0 Å². The number of hydrogen-bond donors (Lipinski definition) is 2. The predicted molar refractivity (Wildman–Crippen MR) is 68.8 cm³/mol. The van der Waals surface area contributed by atoms with Crippen LogP contribution < -0.4 is 11.1 Å². The molecule has 0 aliphatic rings. The maximum Gasteiger partial charge on any atom is 0.460 e. The summed E-state index contributed by atoms with van der Waals surface area (Å²) in [5.41, 5.74) is 5.10. The highest BCUT2D eigenvalue weighted by atomic mass is 19.4. The lowest BCUT2D eigenvalue weighted by atomic mass is 10.1. The number of anilines is 3. The molecule has 0 aliphatic carbocycles. The quantitative estimate of drug-likeness (QED) is 0.801. The van der Waals surface area contributed by atoms with Gasteiger partial charge in [-0.2, -0.15) is 45.7 Å². The Hall–Kier alpha value is -2.73. The molecule has 2 rings (SSSR count). The molecule has 0 atom stereocenters. The van der Waals surface area contributed by atoms with E-state index in [-0.39, 0.29) is 5.69 Å². The van der Waals surface area contributed by atoms with Crippen LogP contribution in [0.1, 0.15) is 5.82 Å². The van der Waals surface area contributed by atoms with Crippen LogP contribution in [0.15, 0.2) is 24.3 Å². The van der Waals surface area contributed by atoms with Crippen LogP contribution in [-0.2, 0) is 5.92 Å². The highest BCUT2D eigenvalue weighted by Crippen LogP contribution is 2.50. The van der Waals surface area contributed by atoms with Gasteiger partial charge in [-0.1, -0.05) is 0 Å². The van der Waals surface area contributed by atoms with Crippen LogP contribution in [0.4, 0.5) is 52.7 Å². The molecule has 3 N–H and O–H groups in total. The Kier molecular flexibility index (Phi) is 4.44. The Morgan fingerprint density at radius 2 is 1.40 bits per heavy atom. The molecule has 0 saturated heterocycles. The van der Waals surface area contributed by atoms with Crippen molar-refractivity contribution in [2.75, 3.05) is 11.1 Å². The molecule has 0 radical (unpaired) electrons. The zero-order chi connectivity index (χ0) is 19.0. The summed E-state index contributed by atoms with van der Waals surface area (Å²) in [6, 6.07) is 4.13. The molecule has 0 aliphatic heterocycles. The van der Waals surface area contributed by atoms with Gasteiger partial charge in [-0.15, -0.1) is 0 Å². The molecule has 0 bridgehead atoms. The second kappa shape index (κ2) is 5.97. The van der Waals surface area contributed by atoms with Crippen molar-refractivity contribution in [1.29, 1.82) is 0 Å². The fraction of sp³-hybridized carbons (Fsp3) is 0.250. The van der Waals surface area contributed by atoms with Crippen LogP contribution in [-0.4, -0.2) is 27.1 Å². The van der Waals surface area contributed by atoms with E-state index in [1.54, 1.807) is 0 Å². The van der Waals surface area contributed by atoms with Crippen molar-refractivity contribution >= 4 is 17.6 Å². The van der Waals surface area contributed by atoms with Crippen molar-refractivity contribution in [3.05, 3.63) is 35.9 Å². The van der Waals surface area contributed by atoms with Gasteiger partial charge in [0.2, 0.25) is 17.7 Å². The van der Waals surface area contributed by atoms with Gasteiger partial charge in [0, 0.05) is 5.69 Å². The number of hydrogen-bond acceptors (Lipinski definition) is 5. The van der Waals surface area contributed by atoms with Crippen LogP contribution >= 0.6 is 0 Å². The minimum Gasteiger partial charge on any atom is -0.368 e. The fourth-order valence-corrected chi connectivity index (χ4v) is 1.57. The number of benzene rings is 1. The lowest BCUT2D eigenvalue weighted by molar-refractivity contribution is -0.361. The molecule has 5 nitrogen and oxygen atoms in total. The Labute approximate surface area is 133 Å². The van der Waals surface area contributed by atoms with E-state index >= 15 is 0 Å². The number of rotatable bonds is 4. The summed E-state index contributed by atoms with van der Waals surface area (Å²) in [4.78, 5) is 8.83. The summed E-state index contributed by atoms with van der Waals surface area (Å²) in [7, 11) is 0. The fourth-order valence-electron chi connectivity index (χ4n) is 1.57. The normalized spacial score (nSPS) is 13.0. The molecular formula is C12H7F8N5. The molecule has 1 aromatic heterocycles. The highest BCUT2D eigenvalue weighted by Gasteiger charge is 2.75. The molecular weight excluding hydrogens is 366 g/mol. The van der Waals surface area contributed by atoms with E-state index in [9.17, 15) is 35.1 Å². The highest BCUT2D eigenvalue weighted by molar-refractivity contribution is 5.53. The molecule has 1 heterocycles. The van der Waals surface area contributed by atoms with Crippen LogP contribution in [0.25, 0.3) is 0 Å². The van der Waals surface area contributed by atoms with Crippen molar-refractivity contribution in [3.8, 4) is 0 Å². The lowest BCUT2D eigenvalue weighted by Crippen LogP contribution is -2.50. The summed E-state index contributed by atoms with van der Waals surface area (Å²) in [6.07, 6.45) is -6.55. The Morgan fingerprint density at radius 1 is 0.840 bits per heavy atom. The maximum absolute atomic E-state index is 13.6. The molecule has 0 fully saturated rings. The van der Waals surface area contributed by atoms with Crippen LogP contribution in [0.5, 0.6) is 0 Å². The SMILES string of the molecule is Nc1nc(Nc2ccc(F)cc2)nc(C(F)(F)C(F)(F)C(F)(F)F)n1. The van der Waals surface area contributed by atoms with Gasteiger partial charge in [-0.05, 0) is 24.3 Å². The molecule has 136 valence electrons. The minimum atomic E-state index is -6.55. The van der Waals surface area contributed by atoms with E-state index < -0.39 is 41.6 Å². The van der Waals surface area contributed by atoms with E-state index in [0.717, 1.165) is 24.3 Å². The van der Waals surface area contributed by atoms with E-state index in [4.69, 9.17) is 5.73 Å². The summed E-state index contributed by atoms with van der Waals surface area (Å²) >= 11 is 0. The van der Waals surface area contributed by atoms with Gasteiger partial charge in [0.15, 0.2) is 0 Å². The third kappa shape index (κ3) is 3.53. The molecule has 0 saturated carbocycles. The smallest absolute Gasteiger partial charge is 0.368 e. The molecule has 0 unspecified atom stereocenters. The molecule has 13 heteroatoms. The number of nitrogens with one attached hydrogen (secondary N) is 1. The number of nitrogens with two attached hydrogens (primary N) is 1. The van der Waals surface area contributed by atoms with E-state index in [1.807, 2.05) is 0 Å². The zero-order valence-corrected chi connectivity index (χ0v) is 11.8. The number of nitrogens with zero attached hydrogens (tertiary/aromatic N) is 3. The number of aromatic nitrogens is 3. The first-order valence-corrected chi connectivity index (χ1v) is 6.21. The second-order valence-corrected chi connectivity index (χ2v) is 4.62. The van der Waals surface area contributed by atoms with Gasteiger partial charge in [-0.25, -0.2) is 4.39 Å². The van der Waals surface area contributed by atoms with E-state index in [0.29, 0.717) is 0 Å². The van der Waals surface area contributed by atoms with Gasteiger partial charge in [0.05, 0.1) is 0 Å². The predicted octanol–water partition coefficient (Wildman–Crippen LogP) is 3.63. The lowest BCUT2D eigenvalue weighted by Gasteiger charge is -2.27. The van der Waals surface area contributed by atoms with Gasteiger partial charge >= 0.3 is 18.0 Å². The first-order chi connectivity index (χ1) is 11.3. The number of nitrogen functional groups attached to an aromatic ring is 1.